The third-order valence-corrected chi connectivity index (χ3v) is 5.65. The summed E-state index contributed by atoms with van der Waals surface area (Å²) in [6.45, 7) is 3.29. The SMILES string of the molecule is CCN(C)C(=O)c1cc2sc(Br)cc2n1Cc1cccc(OC)c1. The summed E-state index contributed by atoms with van der Waals surface area (Å²) >= 11 is 5.18. The minimum Gasteiger partial charge on any atom is -0.497 e. The molecule has 126 valence electrons. The minimum absolute atomic E-state index is 0.0416. The topological polar surface area (TPSA) is 34.5 Å². The molecule has 0 radical (unpaired) electrons. The summed E-state index contributed by atoms with van der Waals surface area (Å²) < 4.78 is 9.57. The van der Waals surface area contributed by atoms with Crippen molar-refractivity contribution in [2.24, 2.45) is 0 Å². The van der Waals surface area contributed by atoms with Crippen molar-refractivity contribution in [3.8, 4) is 5.75 Å². The van der Waals surface area contributed by atoms with E-state index in [1.807, 2.05) is 44.3 Å². The quantitative estimate of drug-likeness (QED) is 0.619. The second-order valence-electron chi connectivity index (χ2n) is 5.59. The second kappa shape index (κ2) is 6.99. The Bertz CT molecular complexity index is 884. The third kappa shape index (κ3) is 3.21. The number of benzene rings is 1. The van der Waals surface area contributed by atoms with Gasteiger partial charge in [-0.25, -0.2) is 0 Å². The van der Waals surface area contributed by atoms with Crippen LogP contribution in [0.2, 0.25) is 0 Å². The number of carbonyl (C=O) groups is 1. The molecule has 1 amide bonds. The zero-order chi connectivity index (χ0) is 17.3. The van der Waals surface area contributed by atoms with Crippen LogP contribution in [0.25, 0.3) is 10.2 Å². The van der Waals surface area contributed by atoms with Crippen molar-refractivity contribution in [1.82, 2.24) is 9.47 Å². The normalized spacial score (nSPS) is 11.0. The van der Waals surface area contributed by atoms with E-state index in [2.05, 4.69) is 26.6 Å². The monoisotopic (exact) mass is 406 g/mol. The van der Waals surface area contributed by atoms with Gasteiger partial charge in [0.15, 0.2) is 0 Å². The fourth-order valence-electron chi connectivity index (χ4n) is 2.65. The van der Waals surface area contributed by atoms with Gasteiger partial charge in [-0.1, -0.05) is 12.1 Å². The lowest BCUT2D eigenvalue weighted by atomic mass is 10.2. The van der Waals surface area contributed by atoms with E-state index in [1.54, 1.807) is 23.3 Å². The van der Waals surface area contributed by atoms with Crippen molar-refractivity contribution in [2.75, 3.05) is 20.7 Å². The van der Waals surface area contributed by atoms with E-state index in [1.165, 1.54) is 0 Å². The van der Waals surface area contributed by atoms with Crippen LogP contribution in [0.3, 0.4) is 0 Å². The van der Waals surface area contributed by atoms with Crippen molar-refractivity contribution in [3.63, 3.8) is 0 Å². The summed E-state index contributed by atoms with van der Waals surface area (Å²) in [5.41, 5.74) is 2.89. The standard InChI is InChI=1S/C18H19BrN2O2S/c1-4-20(2)18(22)15-9-16-14(10-17(19)24-16)21(15)11-12-6-5-7-13(8-12)23-3/h5-10H,4,11H2,1-3H3. The number of carbonyl (C=O) groups excluding carboxylic acids is 1. The summed E-state index contributed by atoms with van der Waals surface area (Å²) in [6.07, 6.45) is 0. The minimum atomic E-state index is 0.0416. The molecule has 0 saturated carbocycles. The van der Waals surface area contributed by atoms with Gasteiger partial charge in [0.05, 0.1) is 21.1 Å². The van der Waals surface area contributed by atoms with Crippen LogP contribution in [0.4, 0.5) is 0 Å². The Kier molecular flexibility index (Phi) is 4.96. The first-order valence-corrected chi connectivity index (χ1v) is 9.31. The van der Waals surface area contributed by atoms with Gasteiger partial charge in [-0.2, -0.15) is 0 Å². The molecule has 0 spiro atoms. The molecule has 2 heterocycles. The van der Waals surface area contributed by atoms with Crippen molar-refractivity contribution in [1.29, 1.82) is 0 Å². The molecule has 0 aliphatic carbocycles. The van der Waals surface area contributed by atoms with E-state index in [9.17, 15) is 4.79 Å². The summed E-state index contributed by atoms with van der Waals surface area (Å²) in [6, 6.07) is 12.0. The maximum atomic E-state index is 12.7. The van der Waals surface area contributed by atoms with Crippen molar-refractivity contribution >= 4 is 43.4 Å². The maximum Gasteiger partial charge on any atom is 0.270 e. The molecule has 0 bridgehead atoms. The van der Waals surface area contributed by atoms with E-state index >= 15 is 0 Å². The third-order valence-electron chi connectivity index (χ3n) is 4.07. The first kappa shape index (κ1) is 17.0. The number of methoxy groups -OCH3 is 1. The number of nitrogens with zero attached hydrogens (tertiary/aromatic N) is 2. The first-order valence-electron chi connectivity index (χ1n) is 7.70. The molecule has 0 aliphatic rings. The van der Waals surface area contributed by atoms with Crippen molar-refractivity contribution in [2.45, 2.75) is 13.5 Å². The number of thiophene rings is 1. The Balaban J connectivity index is 2.07. The van der Waals surface area contributed by atoms with E-state index in [4.69, 9.17) is 4.74 Å². The van der Waals surface area contributed by atoms with Gasteiger partial charge in [0.2, 0.25) is 0 Å². The summed E-state index contributed by atoms with van der Waals surface area (Å²) in [7, 11) is 3.49. The van der Waals surface area contributed by atoms with Crippen LogP contribution >= 0.6 is 27.3 Å². The van der Waals surface area contributed by atoms with Crippen LogP contribution in [0.1, 0.15) is 23.0 Å². The predicted octanol–water partition coefficient (Wildman–Crippen LogP) is 4.61. The molecule has 2 aromatic heterocycles. The van der Waals surface area contributed by atoms with Crippen molar-refractivity contribution in [3.05, 3.63) is 51.4 Å². The molecule has 3 aromatic rings. The molecule has 6 heteroatoms. The molecule has 3 rings (SSSR count). The first-order chi connectivity index (χ1) is 11.5. The molecule has 0 fully saturated rings. The van der Waals surface area contributed by atoms with Crippen LogP contribution in [-0.2, 0) is 6.54 Å². The molecule has 0 aliphatic heterocycles. The van der Waals surface area contributed by atoms with Gasteiger partial charge in [0.1, 0.15) is 11.4 Å². The van der Waals surface area contributed by atoms with Crippen LogP contribution in [0.15, 0.2) is 40.2 Å². The predicted molar refractivity (Wildman–Crippen MR) is 102 cm³/mol. The Labute approximate surface area is 153 Å². The fourth-order valence-corrected chi connectivity index (χ4v) is 4.22. The highest BCUT2D eigenvalue weighted by Gasteiger charge is 2.20. The average Bonchev–Trinajstić information content (AvgIpc) is 3.11. The lowest BCUT2D eigenvalue weighted by molar-refractivity contribution is 0.0793. The molecule has 0 atom stereocenters. The maximum absolute atomic E-state index is 12.7. The van der Waals surface area contributed by atoms with Gasteiger partial charge >= 0.3 is 0 Å². The number of ether oxygens (including phenoxy) is 1. The van der Waals surface area contributed by atoms with E-state index in [0.717, 1.165) is 31.0 Å². The average molecular weight is 407 g/mol. The van der Waals surface area contributed by atoms with Crippen LogP contribution in [0, 0.1) is 0 Å². The highest BCUT2D eigenvalue weighted by atomic mass is 79.9. The van der Waals surface area contributed by atoms with Crippen LogP contribution in [-0.4, -0.2) is 36.1 Å². The number of aromatic nitrogens is 1. The highest BCUT2D eigenvalue weighted by Crippen LogP contribution is 2.33. The molecule has 24 heavy (non-hydrogen) atoms. The Hall–Kier alpha value is -1.79. The fraction of sp³-hybridized carbons (Fsp3) is 0.278. The molecule has 0 N–H and O–H groups in total. The van der Waals surface area contributed by atoms with Crippen LogP contribution < -0.4 is 4.74 Å². The highest BCUT2D eigenvalue weighted by molar-refractivity contribution is 9.11. The zero-order valence-corrected chi connectivity index (χ0v) is 16.3. The summed E-state index contributed by atoms with van der Waals surface area (Å²) in [5, 5.41) is 0. The van der Waals surface area contributed by atoms with Gasteiger partial charge in [0, 0.05) is 20.1 Å². The Morgan fingerprint density at radius 2 is 2.12 bits per heavy atom. The van der Waals surface area contributed by atoms with E-state index < -0.39 is 0 Å². The lowest BCUT2D eigenvalue weighted by Crippen LogP contribution is -2.28. The van der Waals surface area contributed by atoms with Crippen LogP contribution in [0.5, 0.6) is 5.75 Å². The molecule has 1 aromatic carbocycles. The van der Waals surface area contributed by atoms with Crippen molar-refractivity contribution < 1.29 is 9.53 Å². The van der Waals surface area contributed by atoms with E-state index in [0.29, 0.717) is 13.1 Å². The Morgan fingerprint density at radius 1 is 1.33 bits per heavy atom. The molecule has 4 nitrogen and oxygen atoms in total. The summed E-state index contributed by atoms with van der Waals surface area (Å²) in [5.74, 6) is 0.862. The second-order valence-corrected chi connectivity index (χ2v) is 8.05. The van der Waals surface area contributed by atoms with Gasteiger partial charge in [-0.15, -0.1) is 11.3 Å². The number of amides is 1. The number of hydrogen-bond donors (Lipinski definition) is 0. The molecular formula is C18H19BrN2O2S. The largest absolute Gasteiger partial charge is 0.497 e. The molecular weight excluding hydrogens is 388 g/mol. The lowest BCUT2D eigenvalue weighted by Gasteiger charge is -2.17. The summed E-state index contributed by atoms with van der Waals surface area (Å²) in [4.78, 5) is 14.5. The van der Waals surface area contributed by atoms with Gasteiger partial charge in [0.25, 0.3) is 5.91 Å². The van der Waals surface area contributed by atoms with Gasteiger partial charge < -0.3 is 14.2 Å². The van der Waals surface area contributed by atoms with Gasteiger partial charge in [-0.3, -0.25) is 4.79 Å². The number of hydrogen-bond acceptors (Lipinski definition) is 3. The smallest absolute Gasteiger partial charge is 0.270 e. The zero-order valence-electron chi connectivity index (χ0n) is 13.9. The van der Waals surface area contributed by atoms with Gasteiger partial charge in [-0.05, 0) is 52.7 Å². The van der Waals surface area contributed by atoms with E-state index in [-0.39, 0.29) is 5.91 Å². The Morgan fingerprint density at radius 3 is 2.83 bits per heavy atom. The number of halogens is 1. The molecule has 0 unspecified atom stereocenters. The molecule has 0 saturated heterocycles. The number of rotatable bonds is 5. The number of fused-ring (bicyclic) bond motifs is 1.